The number of ether oxygens (including phenoxy) is 1. The number of hydrogen-bond donors (Lipinski definition) is 3. The zero-order valence-corrected chi connectivity index (χ0v) is 24.7. The Kier molecular flexibility index (Phi) is 11.8. The van der Waals surface area contributed by atoms with Gasteiger partial charge in [0, 0.05) is 43.9 Å². The summed E-state index contributed by atoms with van der Waals surface area (Å²) in [7, 11) is 0. The van der Waals surface area contributed by atoms with Crippen LogP contribution in [0.25, 0.3) is 20.5 Å². The topological polar surface area (TPSA) is 78.8 Å². The number of thiophene rings is 1. The molecular weight excluding hydrogens is 577 g/mol. The molecule has 0 radical (unpaired) electrons. The van der Waals surface area contributed by atoms with E-state index in [9.17, 15) is 15.0 Å². The molecule has 0 bridgehead atoms. The summed E-state index contributed by atoms with van der Waals surface area (Å²) in [5, 5.41) is 24.0. The van der Waals surface area contributed by atoms with Gasteiger partial charge in [-0.15, -0.1) is 46.9 Å². The van der Waals surface area contributed by atoms with Crippen LogP contribution in [0.4, 0.5) is 0 Å². The molecule has 0 saturated carbocycles. The first-order chi connectivity index (χ1) is 18.4. The molecule has 5 nitrogen and oxygen atoms in total. The number of nitrogens with one attached hydrogen (secondary N) is 1. The molecule has 1 aromatic heterocycles. The number of alkyl halides is 2. The largest absolute Gasteiger partial charge is 0.508 e. The number of hydrogen-bond acceptors (Lipinski definition) is 6. The van der Waals surface area contributed by atoms with Gasteiger partial charge in [0.15, 0.2) is 5.78 Å². The third kappa shape index (κ3) is 7.80. The monoisotopic (exact) mass is 607 g/mol. The lowest BCUT2D eigenvalue weighted by molar-refractivity contribution is 0.104. The molecule has 3 N–H and O–H groups in total. The summed E-state index contributed by atoms with van der Waals surface area (Å²) in [6.45, 7) is 3.11. The van der Waals surface area contributed by atoms with Crippen molar-refractivity contribution in [2.24, 2.45) is 0 Å². The van der Waals surface area contributed by atoms with Crippen molar-refractivity contribution < 1.29 is 19.7 Å². The number of phenolic OH excluding ortho intramolecular Hbond substituents is 2. The highest BCUT2D eigenvalue weighted by molar-refractivity contribution is 7.22. The number of carbonyl (C=O) groups is 1. The van der Waals surface area contributed by atoms with Crippen LogP contribution in [0.3, 0.4) is 0 Å². The lowest BCUT2D eigenvalue weighted by Gasteiger charge is -2.29. The van der Waals surface area contributed by atoms with Gasteiger partial charge < -0.3 is 20.3 Å². The minimum absolute atomic E-state index is 0. The molecule has 4 aromatic rings. The van der Waals surface area contributed by atoms with E-state index in [-0.39, 0.29) is 35.8 Å². The highest BCUT2D eigenvalue weighted by Gasteiger charge is 2.23. The van der Waals surface area contributed by atoms with E-state index in [0.717, 1.165) is 39.2 Å². The molecule has 1 saturated heterocycles. The maximum Gasteiger partial charge on any atom is 0.195 e. The average molecular weight is 609 g/mol. The molecular formula is C30H32Cl3NO4S. The molecule has 2 heterocycles. The van der Waals surface area contributed by atoms with E-state index in [1.807, 2.05) is 24.3 Å². The zero-order chi connectivity index (χ0) is 27.1. The lowest BCUT2D eigenvalue weighted by atomic mass is 9.97. The maximum atomic E-state index is 13.7. The summed E-state index contributed by atoms with van der Waals surface area (Å²) >= 11 is 11.6. The molecule has 2 atom stereocenters. The van der Waals surface area contributed by atoms with Gasteiger partial charge in [0.1, 0.15) is 23.4 Å². The molecule has 1 aliphatic rings. The van der Waals surface area contributed by atoms with Gasteiger partial charge in [-0.05, 0) is 98.6 Å². The molecule has 39 heavy (non-hydrogen) atoms. The molecule has 3 aromatic carbocycles. The van der Waals surface area contributed by atoms with Crippen molar-refractivity contribution >= 4 is 62.8 Å². The summed E-state index contributed by atoms with van der Waals surface area (Å²) in [5.41, 5.74) is 2.01. The normalized spacial score (nSPS) is 15.5. The number of benzene rings is 3. The van der Waals surface area contributed by atoms with Gasteiger partial charge in [-0.3, -0.25) is 4.79 Å². The summed E-state index contributed by atoms with van der Waals surface area (Å²) in [6, 6.07) is 19.6. The first kappa shape index (κ1) is 31.1. The minimum Gasteiger partial charge on any atom is -0.508 e. The summed E-state index contributed by atoms with van der Waals surface area (Å²) < 4.78 is 6.98. The first-order valence-electron chi connectivity index (χ1n) is 12.6. The molecule has 0 amide bonds. The van der Waals surface area contributed by atoms with E-state index in [1.54, 1.807) is 42.5 Å². The Labute approximate surface area is 249 Å². The van der Waals surface area contributed by atoms with Gasteiger partial charge in [-0.25, -0.2) is 0 Å². The Morgan fingerprint density at radius 2 is 1.67 bits per heavy atom. The quantitative estimate of drug-likeness (QED) is 0.146. The van der Waals surface area contributed by atoms with Crippen LogP contribution >= 0.6 is 46.9 Å². The number of carbonyl (C=O) groups excluding carboxylic acids is 1. The summed E-state index contributed by atoms with van der Waals surface area (Å²) in [6.07, 6.45) is 3.59. The molecule has 208 valence electrons. The van der Waals surface area contributed by atoms with Crippen LogP contribution in [0.2, 0.25) is 0 Å². The smallest absolute Gasteiger partial charge is 0.195 e. The van der Waals surface area contributed by atoms with Crippen LogP contribution in [0.15, 0.2) is 66.7 Å². The molecule has 5 rings (SSSR count). The predicted octanol–water partition coefficient (Wildman–Crippen LogP) is 8.01. The van der Waals surface area contributed by atoms with Crippen LogP contribution in [-0.4, -0.2) is 46.4 Å². The second-order valence-corrected chi connectivity index (χ2v) is 11.0. The Morgan fingerprint density at radius 1 is 1.00 bits per heavy atom. The number of aromatic hydroxyl groups is 2. The minimum atomic E-state index is -0.0893. The number of halogens is 3. The number of ketones is 1. The van der Waals surface area contributed by atoms with E-state index < -0.39 is 0 Å². The van der Waals surface area contributed by atoms with Gasteiger partial charge in [-0.2, -0.15) is 0 Å². The maximum absolute atomic E-state index is 13.7. The number of phenols is 2. The predicted molar refractivity (Wildman–Crippen MR) is 165 cm³/mol. The SMILES string of the molecule is CC(Oc1ccc(C(=O)c2c(-c3ccc(O)cc3)sc3cc(O)ccc23)cc1)C1CCCCN1.Cl.ClCCCl. The second kappa shape index (κ2) is 14.8. The van der Waals surface area contributed by atoms with Crippen LogP contribution in [0, 0.1) is 0 Å². The molecule has 9 heteroatoms. The third-order valence-electron chi connectivity index (χ3n) is 6.46. The molecule has 0 aliphatic carbocycles. The lowest BCUT2D eigenvalue weighted by Crippen LogP contribution is -2.44. The van der Waals surface area contributed by atoms with Crippen molar-refractivity contribution in [1.29, 1.82) is 0 Å². The van der Waals surface area contributed by atoms with Crippen molar-refractivity contribution in [1.82, 2.24) is 5.32 Å². The second-order valence-electron chi connectivity index (χ2n) is 9.14. The van der Waals surface area contributed by atoms with Crippen molar-refractivity contribution in [3.8, 4) is 27.7 Å². The third-order valence-corrected chi connectivity index (χ3v) is 8.23. The highest BCUT2D eigenvalue weighted by Crippen LogP contribution is 2.41. The van der Waals surface area contributed by atoms with Crippen molar-refractivity contribution in [3.05, 3.63) is 77.9 Å². The zero-order valence-electron chi connectivity index (χ0n) is 21.5. The van der Waals surface area contributed by atoms with Crippen molar-refractivity contribution in [2.75, 3.05) is 18.3 Å². The van der Waals surface area contributed by atoms with Crippen molar-refractivity contribution in [2.45, 2.75) is 38.3 Å². The molecule has 2 unspecified atom stereocenters. The molecule has 1 aliphatic heterocycles. The molecule has 1 fully saturated rings. The van der Waals surface area contributed by atoms with Crippen LogP contribution in [-0.2, 0) is 0 Å². The van der Waals surface area contributed by atoms with Crippen LogP contribution in [0.5, 0.6) is 17.2 Å². The summed E-state index contributed by atoms with van der Waals surface area (Å²) in [4.78, 5) is 14.5. The van der Waals surface area contributed by atoms with Crippen molar-refractivity contribution in [3.63, 3.8) is 0 Å². The van der Waals surface area contributed by atoms with Gasteiger partial charge >= 0.3 is 0 Å². The summed E-state index contributed by atoms with van der Waals surface area (Å²) in [5.74, 6) is 2.10. The van der Waals surface area contributed by atoms with E-state index >= 15 is 0 Å². The van der Waals surface area contributed by atoms with E-state index in [4.69, 9.17) is 27.9 Å². The fourth-order valence-corrected chi connectivity index (χ4v) is 5.77. The van der Waals surface area contributed by atoms with Gasteiger partial charge in [0.25, 0.3) is 0 Å². The number of piperidine rings is 1. The first-order valence-corrected chi connectivity index (χ1v) is 14.5. The molecule has 0 spiro atoms. The van der Waals surface area contributed by atoms with Crippen LogP contribution in [0.1, 0.15) is 42.1 Å². The standard InChI is InChI=1S/C28H27NO4S.C2H4Cl2.ClH/c1-17(24-4-2-3-15-29-24)33-22-12-7-18(8-13-22)27(32)26-23-14-11-21(31)16-25(23)34-28(26)19-5-9-20(30)10-6-19;3-1-2-4;/h5-14,16-17,24,29-31H,2-4,15H2,1H3;1-2H2;1H. The Hall–Kier alpha value is -2.48. The highest BCUT2D eigenvalue weighted by atomic mass is 35.5. The number of fused-ring (bicyclic) bond motifs is 1. The van der Waals surface area contributed by atoms with Crippen LogP contribution < -0.4 is 10.1 Å². The fraction of sp³-hybridized carbons (Fsp3) is 0.300. The van der Waals surface area contributed by atoms with Gasteiger partial charge in [-0.1, -0.05) is 6.42 Å². The van der Waals surface area contributed by atoms with Gasteiger partial charge in [0.05, 0.1) is 0 Å². The Balaban J connectivity index is 0.000000788. The Bertz CT molecular complexity index is 1350. The fourth-order valence-electron chi connectivity index (χ4n) is 4.53. The Morgan fingerprint density at radius 3 is 2.28 bits per heavy atom. The number of rotatable bonds is 7. The average Bonchev–Trinajstić information content (AvgIpc) is 3.32. The van der Waals surface area contributed by atoms with E-state index in [0.29, 0.717) is 28.9 Å². The van der Waals surface area contributed by atoms with Gasteiger partial charge in [0.2, 0.25) is 0 Å². The van der Waals surface area contributed by atoms with E-state index in [2.05, 4.69) is 12.2 Å². The van der Waals surface area contributed by atoms with E-state index in [1.165, 1.54) is 24.2 Å².